The zero-order valence-corrected chi connectivity index (χ0v) is 17.1. The predicted molar refractivity (Wildman–Crippen MR) is 102 cm³/mol. The molecule has 28 heavy (non-hydrogen) atoms. The third kappa shape index (κ3) is 6.21. The summed E-state index contributed by atoms with van der Waals surface area (Å²) in [5.74, 6) is -0.626. The van der Waals surface area contributed by atoms with Crippen molar-refractivity contribution in [3.63, 3.8) is 0 Å². The van der Waals surface area contributed by atoms with Crippen LogP contribution in [-0.4, -0.2) is 41.0 Å². The molecule has 4 aliphatic carbocycles. The average Bonchev–Trinajstić information content (AvgIpc) is 2.56. The minimum absolute atomic E-state index is 0.0183. The summed E-state index contributed by atoms with van der Waals surface area (Å²) in [6.45, 7) is 7.87. The zero-order valence-electron chi connectivity index (χ0n) is 17.1. The average molecular weight is 406 g/mol. The first-order valence-corrected chi connectivity index (χ1v) is 10.3. The number of aliphatic hydroxyl groups is 1. The van der Waals surface area contributed by atoms with Crippen LogP contribution in [0.5, 0.6) is 0 Å². The van der Waals surface area contributed by atoms with E-state index in [4.69, 9.17) is 9.90 Å². The molecule has 4 rings (SSSR count). The standard InChI is InChI=1S/C19H33NO.C2HF3O2/c1-13(2)5-4-6-14(3)20-12-19-9-15-7-16(10-19)18(21)17(8-15)11-19;3-2(4,5)1(6)7/h5,14-18,20-21H,4,6-12H2,1-3H3;(H,6,7). The number of carboxylic acid groups (broad SMARTS) is 1. The minimum Gasteiger partial charge on any atom is -0.475 e. The molecule has 0 heterocycles. The number of allylic oxidation sites excluding steroid dienone is 2. The Hall–Kier alpha value is -1.08. The van der Waals surface area contributed by atoms with E-state index in [1.54, 1.807) is 0 Å². The van der Waals surface area contributed by atoms with Gasteiger partial charge in [0.1, 0.15) is 0 Å². The molecule has 0 aromatic heterocycles. The fourth-order valence-electron chi connectivity index (χ4n) is 5.50. The van der Waals surface area contributed by atoms with Crippen LogP contribution in [0.2, 0.25) is 0 Å². The second kappa shape index (κ2) is 9.16. The van der Waals surface area contributed by atoms with Crippen molar-refractivity contribution in [1.82, 2.24) is 5.32 Å². The Bertz CT molecular complexity index is 556. The highest BCUT2D eigenvalue weighted by Crippen LogP contribution is 2.59. The Labute approximate surface area is 165 Å². The van der Waals surface area contributed by atoms with Gasteiger partial charge in [-0.2, -0.15) is 13.2 Å². The Morgan fingerprint density at radius 2 is 1.75 bits per heavy atom. The Balaban J connectivity index is 0.000000345. The van der Waals surface area contributed by atoms with Crippen molar-refractivity contribution in [1.29, 1.82) is 0 Å². The molecule has 4 nitrogen and oxygen atoms in total. The van der Waals surface area contributed by atoms with Gasteiger partial charge < -0.3 is 15.5 Å². The number of carboxylic acids is 1. The summed E-state index contributed by atoms with van der Waals surface area (Å²) in [6, 6.07) is 0.610. The molecule has 0 spiro atoms. The van der Waals surface area contributed by atoms with E-state index in [-0.39, 0.29) is 6.10 Å². The zero-order chi connectivity index (χ0) is 21.1. The summed E-state index contributed by atoms with van der Waals surface area (Å²) in [4.78, 5) is 8.90. The number of carbonyl (C=O) groups is 1. The van der Waals surface area contributed by atoms with Gasteiger partial charge >= 0.3 is 12.1 Å². The predicted octanol–water partition coefficient (Wildman–Crippen LogP) is 4.53. The maximum Gasteiger partial charge on any atom is 0.490 e. The minimum atomic E-state index is -5.08. The molecule has 0 aliphatic heterocycles. The first-order chi connectivity index (χ1) is 12.9. The molecule has 0 amide bonds. The van der Waals surface area contributed by atoms with Crippen LogP contribution in [0.3, 0.4) is 0 Å². The van der Waals surface area contributed by atoms with Gasteiger partial charge in [0.05, 0.1) is 6.10 Å². The van der Waals surface area contributed by atoms with Crippen LogP contribution in [0.1, 0.15) is 65.7 Å². The van der Waals surface area contributed by atoms with Crippen molar-refractivity contribution >= 4 is 5.97 Å². The Morgan fingerprint density at radius 3 is 2.21 bits per heavy atom. The van der Waals surface area contributed by atoms with Gasteiger partial charge in [-0.25, -0.2) is 4.79 Å². The summed E-state index contributed by atoms with van der Waals surface area (Å²) in [7, 11) is 0. The van der Waals surface area contributed by atoms with Crippen molar-refractivity contribution in [3.05, 3.63) is 11.6 Å². The molecule has 162 valence electrons. The van der Waals surface area contributed by atoms with Crippen LogP contribution in [-0.2, 0) is 4.79 Å². The van der Waals surface area contributed by atoms with E-state index in [9.17, 15) is 18.3 Å². The Kier molecular flexibility index (Phi) is 7.59. The third-order valence-electron chi connectivity index (χ3n) is 6.57. The molecule has 0 aromatic rings. The van der Waals surface area contributed by atoms with E-state index in [1.807, 2.05) is 0 Å². The van der Waals surface area contributed by atoms with Crippen LogP contribution in [0.4, 0.5) is 13.2 Å². The lowest BCUT2D eigenvalue weighted by molar-refractivity contribution is -0.192. The van der Waals surface area contributed by atoms with Gasteiger partial charge in [-0.15, -0.1) is 0 Å². The lowest BCUT2D eigenvalue weighted by atomic mass is 9.48. The van der Waals surface area contributed by atoms with E-state index in [0.717, 1.165) is 5.92 Å². The molecule has 3 atom stereocenters. The van der Waals surface area contributed by atoms with E-state index < -0.39 is 12.1 Å². The summed E-state index contributed by atoms with van der Waals surface area (Å²) < 4.78 is 31.7. The van der Waals surface area contributed by atoms with Gasteiger partial charge in [-0.3, -0.25) is 0 Å². The quantitative estimate of drug-likeness (QED) is 0.568. The number of halogens is 3. The summed E-state index contributed by atoms with van der Waals surface area (Å²) in [5.41, 5.74) is 1.94. The lowest BCUT2D eigenvalue weighted by Crippen LogP contribution is -2.56. The molecular formula is C21H34F3NO3. The molecule has 4 saturated carbocycles. The van der Waals surface area contributed by atoms with Crippen LogP contribution >= 0.6 is 0 Å². The molecule has 4 bridgehead atoms. The molecule has 3 N–H and O–H groups in total. The van der Waals surface area contributed by atoms with E-state index in [2.05, 4.69) is 32.2 Å². The van der Waals surface area contributed by atoms with Crippen LogP contribution < -0.4 is 5.32 Å². The maximum atomic E-state index is 10.6. The van der Waals surface area contributed by atoms with Crippen molar-refractivity contribution < 1.29 is 28.2 Å². The largest absolute Gasteiger partial charge is 0.490 e. The molecule has 4 aliphatic rings. The van der Waals surface area contributed by atoms with Crippen molar-refractivity contribution in [3.8, 4) is 0 Å². The fraction of sp³-hybridized carbons (Fsp3) is 0.857. The van der Waals surface area contributed by atoms with E-state index >= 15 is 0 Å². The van der Waals surface area contributed by atoms with Gasteiger partial charge in [0.2, 0.25) is 0 Å². The molecule has 3 unspecified atom stereocenters. The van der Waals surface area contributed by atoms with E-state index in [1.165, 1.54) is 57.1 Å². The number of alkyl halides is 3. The van der Waals surface area contributed by atoms with Gasteiger partial charge in [-0.1, -0.05) is 11.6 Å². The van der Waals surface area contributed by atoms with E-state index in [0.29, 0.717) is 23.3 Å². The molecular weight excluding hydrogens is 371 g/mol. The SMILES string of the molecule is CC(C)=CCCC(C)NCC12CC3CC(C1)C(O)C(C3)C2.O=C(O)C(F)(F)F. The second-order valence-corrected chi connectivity index (χ2v) is 9.40. The van der Waals surface area contributed by atoms with Crippen LogP contribution in [0.15, 0.2) is 11.6 Å². The molecule has 7 heteroatoms. The maximum absolute atomic E-state index is 10.6. The number of aliphatic hydroxyl groups excluding tert-OH is 1. The number of hydrogen-bond acceptors (Lipinski definition) is 3. The topological polar surface area (TPSA) is 69.6 Å². The number of aliphatic carboxylic acids is 1. The first kappa shape index (κ1) is 23.2. The van der Waals surface area contributed by atoms with Gasteiger partial charge in [-0.05, 0) is 88.9 Å². The van der Waals surface area contributed by atoms with Crippen molar-refractivity contribution in [2.45, 2.75) is 84.0 Å². The highest BCUT2D eigenvalue weighted by molar-refractivity contribution is 5.73. The van der Waals surface area contributed by atoms with Crippen molar-refractivity contribution in [2.24, 2.45) is 23.2 Å². The highest BCUT2D eigenvalue weighted by atomic mass is 19.4. The normalized spacial score (nSPS) is 34.4. The molecule has 4 fully saturated rings. The highest BCUT2D eigenvalue weighted by Gasteiger charge is 2.54. The molecule has 0 aromatic carbocycles. The van der Waals surface area contributed by atoms with Gasteiger partial charge in [0.25, 0.3) is 0 Å². The monoisotopic (exact) mass is 405 g/mol. The van der Waals surface area contributed by atoms with Gasteiger partial charge in [0, 0.05) is 12.6 Å². The smallest absolute Gasteiger partial charge is 0.475 e. The first-order valence-electron chi connectivity index (χ1n) is 10.3. The second-order valence-electron chi connectivity index (χ2n) is 9.40. The third-order valence-corrected chi connectivity index (χ3v) is 6.57. The number of rotatable bonds is 6. The summed E-state index contributed by atoms with van der Waals surface area (Å²) in [5, 5.41) is 21.3. The number of hydrogen-bond donors (Lipinski definition) is 3. The Morgan fingerprint density at radius 1 is 1.21 bits per heavy atom. The molecule has 0 saturated heterocycles. The van der Waals surface area contributed by atoms with Crippen molar-refractivity contribution in [2.75, 3.05) is 6.54 Å². The van der Waals surface area contributed by atoms with Gasteiger partial charge in [0.15, 0.2) is 0 Å². The summed E-state index contributed by atoms with van der Waals surface area (Å²) >= 11 is 0. The van der Waals surface area contributed by atoms with Crippen LogP contribution in [0.25, 0.3) is 0 Å². The summed E-state index contributed by atoms with van der Waals surface area (Å²) in [6.07, 6.45) is 6.27. The molecule has 0 radical (unpaired) electrons. The van der Waals surface area contributed by atoms with Crippen LogP contribution in [0, 0.1) is 23.2 Å². The fourth-order valence-corrected chi connectivity index (χ4v) is 5.50. The lowest BCUT2D eigenvalue weighted by Gasteiger charge is -2.59. The number of nitrogens with one attached hydrogen (secondary N) is 1.